The highest BCUT2D eigenvalue weighted by atomic mass is 32.2. The number of nitrogens with one attached hydrogen (secondary N) is 2. The number of halogens is 1. The summed E-state index contributed by atoms with van der Waals surface area (Å²) in [5.74, 6) is -0.301. The molecule has 9 heteroatoms. The van der Waals surface area contributed by atoms with Gasteiger partial charge in [0, 0.05) is 25.7 Å². The molecule has 0 aliphatic heterocycles. The van der Waals surface area contributed by atoms with Crippen molar-refractivity contribution in [3.63, 3.8) is 0 Å². The van der Waals surface area contributed by atoms with Crippen LogP contribution >= 0.6 is 11.8 Å². The van der Waals surface area contributed by atoms with E-state index in [1.54, 1.807) is 17.7 Å². The van der Waals surface area contributed by atoms with Crippen molar-refractivity contribution in [2.75, 3.05) is 17.6 Å². The smallest absolute Gasteiger partial charge is 0.254 e. The number of aryl methyl sites for hydroxylation is 1. The van der Waals surface area contributed by atoms with Crippen molar-refractivity contribution in [3.05, 3.63) is 70.8 Å². The number of carbonyl (C=O) groups is 2. The lowest BCUT2D eigenvalue weighted by Gasteiger charge is -2.10. The van der Waals surface area contributed by atoms with Crippen molar-refractivity contribution in [2.24, 2.45) is 7.05 Å². The van der Waals surface area contributed by atoms with E-state index in [1.165, 1.54) is 30.0 Å². The summed E-state index contributed by atoms with van der Waals surface area (Å²) in [6.45, 7) is 4.26. The summed E-state index contributed by atoms with van der Waals surface area (Å²) < 4.78 is 15.4. The third-order valence-corrected chi connectivity index (χ3v) is 5.91. The average molecular weight is 442 g/mol. The van der Waals surface area contributed by atoms with Crippen LogP contribution in [0.1, 0.15) is 27.3 Å². The number of hydrogen-bond donors (Lipinski definition) is 2. The summed E-state index contributed by atoms with van der Waals surface area (Å²) in [6, 6.07) is 11.6. The van der Waals surface area contributed by atoms with Crippen LogP contribution in [0.5, 0.6) is 0 Å². The Morgan fingerprint density at radius 3 is 2.65 bits per heavy atom. The molecule has 3 aromatic rings. The Morgan fingerprint density at radius 1 is 1.10 bits per heavy atom. The highest BCUT2D eigenvalue weighted by molar-refractivity contribution is 7.99. The normalized spacial score (nSPS) is 10.7. The quantitative estimate of drug-likeness (QED) is 0.524. The number of rotatable bonds is 8. The van der Waals surface area contributed by atoms with E-state index in [0.717, 1.165) is 16.8 Å². The molecule has 1 aromatic heterocycles. The Hall–Kier alpha value is -3.20. The largest absolute Gasteiger partial charge is 0.351 e. The molecule has 7 nitrogen and oxygen atoms in total. The zero-order chi connectivity index (χ0) is 22.4. The Kier molecular flexibility index (Phi) is 7.41. The Balaban J connectivity index is 1.49. The minimum atomic E-state index is -0.559. The number of carbonyl (C=O) groups excluding carboxylic acids is 2. The van der Waals surface area contributed by atoms with E-state index in [2.05, 4.69) is 20.8 Å². The number of thioether (sulfide) groups is 1. The monoisotopic (exact) mass is 441 g/mol. The fourth-order valence-corrected chi connectivity index (χ4v) is 3.65. The lowest BCUT2D eigenvalue weighted by Crippen LogP contribution is -2.27. The predicted molar refractivity (Wildman–Crippen MR) is 119 cm³/mol. The van der Waals surface area contributed by atoms with E-state index < -0.39 is 11.7 Å². The minimum Gasteiger partial charge on any atom is -0.351 e. The topological polar surface area (TPSA) is 88.9 Å². The van der Waals surface area contributed by atoms with Gasteiger partial charge in [-0.25, -0.2) is 4.39 Å². The van der Waals surface area contributed by atoms with E-state index in [1.807, 2.05) is 32.0 Å². The van der Waals surface area contributed by atoms with Crippen LogP contribution in [0.25, 0.3) is 0 Å². The van der Waals surface area contributed by atoms with Crippen molar-refractivity contribution in [3.8, 4) is 0 Å². The summed E-state index contributed by atoms with van der Waals surface area (Å²) in [7, 11) is 1.80. The molecule has 3 rings (SSSR count). The van der Waals surface area contributed by atoms with Crippen molar-refractivity contribution in [1.82, 2.24) is 20.1 Å². The maximum Gasteiger partial charge on any atom is 0.254 e. The van der Waals surface area contributed by atoms with E-state index in [-0.39, 0.29) is 23.8 Å². The molecule has 0 aliphatic carbocycles. The van der Waals surface area contributed by atoms with Crippen molar-refractivity contribution in [2.45, 2.75) is 25.4 Å². The number of hydrogen-bond acceptors (Lipinski definition) is 5. The van der Waals surface area contributed by atoms with Gasteiger partial charge in [-0.05, 0) is 43.2 Å². The third-order valence-electron chi connectivity index (χ3n) is 4.89. The second-order valence-electron chi connectivity index (χ2n) is 7.03. The van der Waals surface area contributed by atoms with E-state index in [9.17, 15) is 14.0 Å². The van der Waals surface area contributed by atoms with Crippen LogP contribution in [0.4, 0.5) is 10.1 Å². The molecule has 31 heavy (non-hydrogen) atoms. The molecule has 0 spiro atoms. The molecule has 2 N–H and O–H groups in total. The second-order valence-corrected chi connectivity index (χ2v) is 7.97. The van der Waals surface area contributed by atoms with Crippen LogP contribution in [0.3, 0.4) is 0 Å². The van der Waals surface area contributed by atoms with Gasteiger partial charge in [0.25, 0.3) is 5.91 Å². The Labute approximate surface area is 184 Å². The van der Waals surface area contributed by atoms with E-state index in [4.69, 9.17) is 0 Å². The average Bonchev–Trinajstić information content (AvgIpc) is 3.09. The van der Waals surface area contributed by atoms with Gasteiger partial charge in [0.15, 0.2) is 5.16 Å². The molecule has 0 unspecified atom stereocenters. The van der Waals surface area contributed by atoms with Crippen LogP contribution in [0.15, 0.2) is 47.6 Å². The first-order valence-electron chi connectivity index (χ1n) is 9.76. The molecule has 0 saturated carbocycles. The third kappa shape index (κ3) is 5.69. The van der Waals surface area contributed by atoms with Gasteiger partial charge >= 0.3 is 0 Å². The van der Waals surface area contributed by atoms with Gasteiger partial charge in [0.1, 0.15) is 11.6 Å². The minimum absolute atomic E-state index is 0.00608. The standard InChI is InChI=1S/C22H24FN5O2S/c1-14-7-6-10-18(15(14)2)25-20(29)13-31-22-27-26-19(28(22)3)11-12-24-21(30)16-8-4-5-9-17(16)23/h4-10H,11-13H2,1-3H3,(H,24,30)(H,25,29). The highest BCUT2D eigenvalue weighted by Gasteiger charge is 2.14. The lowest BCUT2D eigenvalue weighted by molar-refractivity contribution is -0.113. The van der Waals surface area contributed by atoms with Gasteiger partial charge in [-0.3, -0.25) is 9.59 Å². The number of aromatic nitrogens is 3. The SMILES string of the molecule is Cc1cccc(NC(=O)CSc2nnc(CCNC(=O)c3ccccc3F)n2C)c1C. The maximum atomic E-state index is 13.7. The fourth-order valence-electron chi connectivity index (χ4n) is 2.92. The molecular formula is C22H24FN5O2S. The van der Waals surface area contributed by atoms with Gasteiger partial charge in [0.05, 0.1) is 11.3 Å². The van der Waals surface area contributed by atoms with Gasteiger partial charge in [-0.1, -0.05) is 36.0 Å². The Morgan fingerprint density at radius 2 is 1.87 bits per heavy atom. The first kappa shape index (κ1) is 22.5. The zero-order valence-corrected chi connectivity index (χ0v) is 18.4. The molecule has 0 bridgehead atoms. The van der Waals surface area contributed by atoms with E-state index >= 15 is 0 Å². The van der Waals surface area contributed by atoms with Crippen LogP contribution < -0.4 is 10.6 Å². The van der Waals surface area contributed by atoms with Crippen molar-refractivity contribution in [1.29, 1.82) is 0 Å². The predicted octanol–water partition coefficient (Wildman–Crippen LogP) is 3.27. The highest BCUT2D eigenvalue weighted by Crippen LogP contribution is 2.20. The number of nitrogens with zero attached hydrogens (tertiary/aromatic N) is 3. The van der Waals surface area contributed by atoms with Crippen molar-refractivity contribution >= 4 is 29.3 Å². The second kappa shape index (κ2) is 10.2. The number of anilines is 1. The van der Waals surface area contributed by atoms with E-state index in [0.29, 0.717) is 17.4 Å². The molecule has 0 aliphatic rings. The molecule has 0 saturated heterocycles. The first-order valence-corrected chi connectivity index (χ1v) is 10.7. The zero-order valence-electron chi connectivity index (χ0n) is 17.6. The number of amides is 2. The summed E-state index contributed by atoms with van der Waals surface area (Å²) in [6.07, 6.45) is 0.429. The fraction of sp³-hybridized carbons (Fsp3) is 0.273. The first-order chi connectivity index (χ1) is 14.9. The molecular weight excluding hydrogens is 417 g/mol. The maximum absolute atomic E-state index is 13.7. The summed E-state index contributed by atoms with van der Waals surface area (Å²) in [4.78, 5) is 24.4. The molecule has 1 heterocycles. The van der Waals surface area contributed by atoms with Crippen molar-refractivity contribution < 1.29 is 14.0 Å². The summed E-state index contributed by atoms with van der Waals surface area (Å²) in [5, 5.41) is 14.4. The molecule has 0 atom stereocenters. The molecule has 2 amide bonds. The lowest BCUT2D eigenvalue weighted by atomic mass is 10.1. The van der Waals surface area contributed by atoms with Crippen LogP contribution in [0, 0.1) is 19.7 Å². The number of benzene rings is 2. The van der Waals surface area contributed by atoms with Gasteiger partial charge < -0.3 is 15.2 Å². The molecule has 162 valence electrons. The molecule has 0 radical (unpaired) electrons. The van der Waals surface area contributed by atoms with Crippen LogP contribution in [-0.4, -0.2) is 38.9 Å². The van der Waals surface area contributed by atoms with Gasteiger partial charge in [-0.15, -0.1) is 10.2 Å². The van der Waals surface area contributed by atoms with Gasteiger partial charge in [-0.2, -0.15) is 0 Å². The van der Waals surface area contributed by atoms with Crippen LogP contribution in [0.2, 0.25) is 0 Å². The Bertz CT molecular complexity index is 1100. The molecule has 2 aromatic carbocycles. The summed E-state index contributed by atoms with van der Waals surface area (Å²) >= 11 is 1.28. The molecule has 0 fully saturated rings. The van der Waals surface area contributed by atoms with Gasteiger partial charge in [0.2, 0.25) is 5.91 Å². The van der Waals surface area contributed by atoms with Crippen LogP contribution in [-0.2, 0) is 18.3 Å². The summed E-state index contributed by atoms with van der Waals surface area (Å²) in [5.41, 5.74) is 2.96.